The predicted octanol–water partition coefficient (Wildman–Crippen LogP) is 1.48. The molecule has 1 heteroatoms. The normalized spacial score (nSPS) is 12.0. The van der Waals surface area contributed by atoms with E-state index >= 15 is 0 Å². The van der Waals surface area contributed by atoms with Crippen LogP contribution in [0, 0.1) is 6.57 Å². The van der Waals surface area contributed by atoms with Gasteiger partial charge in [-0.3, -0.25) is 0 Å². The molecule has 32 valence electrons. The van der Waals surface area contributed by atoms with E-state index < -0.39 is 0 Å². The van der Waals surface area contributed by atoms with Crippen molar-refractivity contribution < 1.29 is 0 Å². The van der Waals surface area contributed by atoms with Crippen LogP contribution < -0.4 is 0 Å². The molecule has 0 aromatic carbocycles. The van der Waals surface area contributed by atoms with Crippen LogP contribution in [0.4, 0.5) is 0 Å². The lowest BCUT2D eigenvalue weighted by molar-refractivity contribution is 1.10. The van der Waals surface area contributed by atoms with Crippen molar-refractivity contribution in [2.45, 2.75) is 13.0 Å². The molecule has 0 aromatic heterocycles. The van der Waals surface area contributed by atoms with Gasteiger partial charge in [0.1, 0.15) is 0 Å². The highest BCUT2D eigenvalue weighted by molar-refractivity contribution is 4.89. The highest BCUT2D eigenvalue weighted by atomic mass is 14.7. The van der Waals surface area contributed by atoms with Crippen LogP contribution in [0.25, 0.3) is 4.85 Å². The van der Waals surface area contributed by atoms with E-state index in [4.69, 9.17) is 6.57 Å². The van der Waals surface area contributed by atoms with E-state index in [9.17, 15) is 0 Å². The first-order chi connectivity index (χ1) is 2.81. The Labute approximate surface area is 38.1 Å². The molecule has 0 amide bonds. The maximum atomic E-state index is 6.36. The quantitative estimate of drug-likeness (QED) is 0.332. The number of nitrogens with zero attached hydrogens (tertiary/aromatic N) is 1. The first-order valence-corrected chi connectivity index (χ1v) is 1.80. The van der Waals surface area contributed by atoms with E-state index in [2.05, 4.69) is 11.4 Å². The molecule has 0 spiro atoms. The van der Waals surface area contributed by atoms with Crippen LogP contribution in [-0.4, -0.2) is 6.04 Å². The summed E-state index contributed by atoms with van der Waals surface area (Å²) < 4.78 is 0. The third-order valence-electron chi connectivity index (χ3n) is 0.545. The first-order valence-electron chi connectivity index (χ1n) is 1.80. The van der Waals surface area contributed by atoms with Gasteiger partial charge in [-0.15, -0.1) is 0 Å². The molecule has 0 aliphatic heterocycles. The molecule has 1 atom stereocenters. The first kappa shape index (κ1) is 5.23. The van der Waals surface area contributed by atoms with Crippen molar-refractivity contribution in [3.8, 4) is 0 Å². The second kappa shape index (κ2) is 2.47. The molecule has 0 aromatic rings. The Bertz CT molecular complexity index is 78.4. The standard InChI is InChI=1S/C5H7N/c1-4-5(2)6-3/h4-5H,1H2,2H3. The van der Waals surface area contributed by atoms with Gasteiger partial charge in [0, 0.05) is 6.92 Å². The fraction of sp³-hybridized carbons (Fsp3) is 0.400. The molecule has 0 radical (unpaired) electrons. The summed E-state index contributed by atoms with van der Waals surface area (Å²) in [6.07, 6.45) is 1.62. The van der Waals surface area contributed by atoms with Gasteiger partial charge in [-0.2, -0.15) is 0 Å². The lowest BCUT2D eigenvalue weighted by Crippen LogP contribution is -1.82. The minimum Gasteiger partial charge on any atom is -0.309 e. The molecule has 0 aliphatic carbocycles. The van der Waals surface area contributed by atoms with Crippen LogP contribution in [0.15, 0.2) is 12.7 Å². The Kier molecular flexibility index (Phi) is 2.15. The van der Waals surface area contributed by atoms with E-state index in [1.165, 1.54) is 0 Å². The van der Waals surface area contributed by atoms with Gasteiger partial charge in [0.25, 0.3) is 0 Å². The summed E-state index contributed by atoms with van der Waals surface area (Å²) in [5, 5.41) is 0. The largest absolute Gasteiger partial charge is 0.309 e. The molecule has 0 saturated heterocycles. The molecule has 0 rings (SSSR count). The second-order valence-electron chi connectivity index (χ2n) is 1.11. The molecule has 0 fully saturated rings. The van der Waals surface area contributed by atoms with Crippen molar-refractivity contribution in [2.75, 3.05) is 0 Å². The van der Waals surface area contributed by atoms with Crippen molar-refractivity contribution in [1.82, 2.24) is 0 Å². The van der Waals surface area contributed by atoms with Gasteiger partial charge >= 0.3 is 0 Å². The molecule has 0 heterocycles. The molecule has 1 nitrogen and oxygen atoms in total. The molecule has 6 heavy (non-hydrogen) atoms. The zero-order chi connectivity index (χ0) is 4.99. The minimum atomic E-state index is -0.00926. The Morgan fingerprint density at radius 1 is 2.00 bits per heavy atom. The van der Waals surface area contributed by atoms with E-state index in [-0.39, 0.29) is 6.04 Å². The third kappa shape index (κ3) is 1.54. The van der Waals surface area contributed by atoms with Crippen molar-refractivity contribution in [3.63, 3.8) is 0 Å². The van der Waals surface area contributed by atoms with Crippen LogP contribution in [0.2, 0.25) is 0 Å². The lowest BCUT2D eigenvalue weighted by atomic mass is 10.4. The zero-order valence-electron chi connectivity index (χ0n) is 3.81. The monoisotopic (exact) mass is 81.1 g/mol. The van der Waals surface area contributed by atoms with Crippen molar-refractivity contribution in [1.29, 1.82) is 0 Å². The van der Waals surface area contributed by atoms with Crippen LogP contribution in [-0.2, 0) is 0 Å². The summed E-state index contributed by atoms with van der Waals surface area (Å²) in [4.78, 5) is 3.14. The number of rotatable bonds is 1. The maximum Gasteiger partial charge on any atom is 0.238 e. The van der Waals surface area contributed by atoms with E-state index in [1.807, 2.05) is 0 Å². The van der Waals surface area contributed by atoms with Crippen LogP contribution in [0.5, 0.6) is 0 Å². The Morgan fingerprint density at radius 3 is 2.50 bits per heavy atom. The fourth-order valence-electron chi connectivity index (χ4n) is 0.0527. The SMILES string of the molecule is [C-]#[N+]C(C)C=C. The molecule has 0 bridgehead atoms. The topological polar surface area (TPSA) is 4.36 Å². The Hall–Kier alpha value is -0.770. The van der Waals surface area contributed by atoms with Gasteiger partial charge < -0.3 is 4.85 Å². The summed E-state index contributed by atoms with van der Waals surface area (Å²) in [6, 6.07) is -0.00926. The van der Waals surface area contributed by atoms with E-state index in [0.717, 1.165) is 0 Å². The third-order valence-corrected chi connectivity index (χ3v) is 0.545. The minimum absolute atomic E-state index is 0.00926. The Balaban J connectivity index is 3.30. The van der Waals surface area contributed by atoms with Crippen LogP contribution in [0.3, 0.4) is 0 Å². The predicted molar refractivity (Wildman–Crippen MR) is 26.3 cm³/mol. The van der Waals surface area contributed by atoms with Crippen molar-refractivity contribution >= 4 is 0 Å². The molecular formula is C5H7N. The van der Waals surface area contributed by atoms with Gasteiger partial charge in [0.15, 0.2) is 0 Å². The summed E-state index contributed by atoms with van der Waals surface area (Å²) in [6.45, 7) is 11.6. The average molecular weight is 81.1 g/mol. The lowest BCUT2D eigenvalue weighted by Gasteiger charge is -1.78. The summed E-state index contributed by atoms with van der Waals surface area (Å²) in [7, 11) is 0. The van der Waals surface area contributed by atoms with E-state index in [0.29, 0.717) is 0 Å². The number of hydrogen-bond acceptors (Lipinski definition) is 0. The Morgan fingerprint density at radius 2 is 2.50 bits per heavy atom. The maximum absolute atomic E-state index is 6.36. The van der Waals surface area contributed by atoms with Gasteiger partial charge in [-0.25, -0.2) is 6.57 Å². The summed E-state index contributed by atoms with van der Waals surface area (Å²) in [5.74, 6) is 0. The molecule has 0 aliphatic rings. The van der Waals surface area contributed by atoms with Crippen LogP contribution >= 0.6 is 0 Å². The molecule has 0 saturated carbocycles. The highest BCUT2D eigenvalue weighted by Crippen LogP contribution is 1.84. The van der Waals surface area contributed by atoms with E-state index in [1.54, 1.807) is 13.0 Å². The van der Waals surface area contributed by atoms with Gasteiger partial charge in [0.2, 0.25) is 6.04 Å². The number of hydrogen-bond donors (Lipinski definition) is 0. The van der Waals surface area contributed by atoms with Crippen molar-refractivity contribution in [3.05, 3.63) is 24.1 Å². The molecular weight excluding hydrogens is 74.1 g/mol. The average Bonchev–Trinajstić information content (AvgIpc) is 1.65. The van der Waals surface area contributed by atoms with Crippen molar-refractivity contribution in [2.24, 2.45) is 0 Å². The second-order valence-corrected chi connectivity index (χ2v) is 1.11. The zero-order valence-corrected chi connectivity index (χ0v) is 3.81. The summed E-state index contributed by atoms with van der Waals surface area (Å²) >= 11 is 0. The summed E-state index contributed by atoms with van der Waals surface area (Å²) in [5.41, 5.74) is 0. The highest BCUT2D eigenvalue weighted by Gasteiger charge is 1.88. The fourth-order valence-corrected chi connectivity index (χ4v) is 0.0527. The van der Waals surface area contributed by atoms with Crippen LogP contribution in [0.1, 0.15) is 6.92 Å². The smallest absolute Gasteiger partial charge is 0.238 e. The molecule has 0 N–H and O–H groups in total. The molecule has 1 unspecified atom stereocenters. The van der Waals surface area contributed by atoms with Gasteiger partial charge in [-0.1, -0.05) is 6.58 Å². The van der Waals surface area contributed by atoms with Gasteiger partial charge in [-0.05, 0) is 6.08 Å². The van der Waals surface area contributed by atoms with Gasteiger partial charge in [0.05, 0.1) is 0 Å².